The van der Waals surface area contributed by atoms with Crippen molar-refractivity contribution in [3.8, 4) is 0 Å². The van der Waals surface area contributed by atoms with Crippen molar-refractivity contribution in [1.82, 2.24) is 5.16 Å². The number of esters is 1. The SMILES string of the molecule is C=C/C(CC(=O)OCC)=C(\C=C)OCc1noc2ccc(Br)cc12. The highest BCUT2D eigenvalue weighted by molar-refractivity contribution is 9.10. The molecule has 5 nitrogen and oxygen atoms in total. The van der Waals surface area contributed by atoms with Gasteiger partial charge in [0.05, 0.1) is 13.0 Å². The van der Waals surface area contributed by atoms with E-state index in [4.69, 9.17) is 14.0 Å². The quantitative estimate of drug-likeness (QED) is 0.371. The first-order valence-corrected chi connectivity index (χ1v) is 8.18. The number of hydrogen-bond donors (Lipinski definition) is 0. The van der Waals surface area contributed by atoms with Crippen LogP contribution >= 0.6 is 15.9 Å². The van der Waals surface area contributed by atoms with Crippen molar-refractivity contribution in [1.29, 1.82) is 0 Å². The molecule has 24 heavy (non-hydrogen) atoms. The van der Waals surface area contributed by atoms with Crippen LogP contribution in [0.5, 0.6) is 0 Å². The molecule has 0 spiro atoms. The molecule has 1 heterocycles. The van der Waals surface area contributed by atoms with Crippen molar-refractivity contribution >= 4 is 32.9 Å². The summed E-state index contributed by atoms with van der Waals surface area (Å²) in [5, 5.41) is 4.88. The van der Waals surface area contributed by atoms with Crippen LogP contribution in [-0.2, 0) is 20.9 Å². The van der Waals surface area contributed by atoms with Crippen molar-refractivity contribution in [2.24, 2.45) is 0 Å². The smallest absolute Gasteiger partial charge is 0.310 e. The molecule has 2 rings (SSSR count). The third kappa shape index (κ3) is 4.35. The first kappa shape index (κ1) is 18.0. The van der Waals surface area contributed by atoms with Gasteiger partial charge in [-0.3, -0.25) is 4.79 Å². The number of allylic oxidation sites excluding steroid dienone is 2. The van der Waals surface area contributed by atoms with E-state index in [0.717, 1.165) is 9.86 Å². The molecule has 0 radical (unpaired) electrons. The van der Waals surface area contributed by atoms with E-state index in [9.17, 15) is 4.79 Å². The number of ether oxygens (including phenoxy) is 2. The van der Waals surface area contributed by atoms with Gasteiger partial charge >= 0.3 is 5.97 Å². The van der Waals surface area contributed by atoms with Crippen molar-refractivity contribution < 1.29 is 18.8 Å². The molecule has 0 saturated heterocycles. The van der Waals surface area contributed by atoms with E-state index in [0.29, 0.717) is 29.2 Å². The zero-order valence-corrected chi connectivity index (χ0v) is 15.0. The standard InChI is InChI=1S/C18H18BrNO4/c1-4-12(9-18(21)22-6-3)16(5-2)23-11-15-14-10-13(19)7-8-17(14)24-20-15/h4-5,7-8,10H,1-2,6,9,11H2,3H3/b16-12-. The lowest BCUT2D eigenvalue weighted by Crippen LogP contribution is -2.06. The Bertz CT molecular complexity index is 791. The molecule has 0 saturated carbocycles. The van der Waals surface area contributed by atoms with Gasteiger partial charge in [0.2, 0.25) is 0 Å². The number of aromatic nitrogens is 1. The predicted octanol–water partition coefficient (Wildman–Crippen LogP) is 4.69. The van der Waals surface area contributed by atoms with Crippen LogP contribution in [-0.4, -0.2) is 17.7 Å². The van der Waals surface area contributed by atoms with E-state index >= 15 is 0 Å². The van der Waals surface area contributed by atoms with Gasteiger partial charge in [-0.05, 0) is 31.2 Å². The zero-order chi connectivity index (χ0) is 17.5. The number of rotatable bonds is 8. The summed E-state index contributed by atoms with van der Waals surface area (Å²) in [6, 6.07) is 5.62. The zero-order valence-electron chi connectivity index (χ0n) is 13.4. The largest absolute Gasteiger partial charge is 0.487 e. The Kier molecular flexibility index (Phi) is 6.37. The highest BCUT2D eigenvalue weighted by Crippen LogP contribution is 2.24. The molecule has 0 aliphatic carbocycles. The number of fused-ring (bicyclic) bond motifs is 1. The summed E-state index contributed by atoms with van der Waals surface area (Å²) in [6.07, 6.45) is 3.17. The highest BCUT2D eigenvalue weighted by atomic mass is 79.9. The topological polar surface area (TPSA) is 61.6 Å². The third-order valence-corrected chi connectivity index (χ3v) is 3.75. The van der Waals surface area contributed by atoms with Gasteiger partial charge in [0.25, 0.3) is 0 Å². The summed E-state index contributed by atoms with van der Waals surface area (Å²) < 4.78 is 16.9. The normalized spacial score (nSPS) is 11.8. The molecule has 0 fully saturated rings. The molecule has 1 aromatic carbocycles. The summed E-state index contributed by atoms with van der Waals surface area (Å²) >= 11 is 3.42. The van der Waals surface area contributed by atoms with Crippen LogP contribution < -0.4 is 0 Å². The lowest BCUT2D eigenvalue weighted by Gasteiger charge is -2.10. The highest BCUT2D eigenvalue weighted by Gasteiger charge is 2.13. The fourth-order valence-electron chi connectivity index (χ4n) is 2.12. The summed E-state index contributed by atoms with van der Waals surface area (Å²) in [7, 11) is 0. The van der Waals surface area contributed by atoms with Crippen LogP contribution in [0.25, 0.3) is 11.0 Å². The molecule has 0 aliphatic rings. The lowest BCUT2D eigenvalue weighted by molar-refractivity contribution is -0.142. The molecule has 0 aliphatic heterocycles. The monoisotopic (exact) mass is 391 g/mol. The van der Waals surface area contributed by atoms with E-state index < -0.39 is 0 Å². The van der Waals surface area contributed by atoms with Crippen molar-refractivity contribution in [2.45, 2.75) is 20.0 Å². The molecule has 0 amide bonds. The fraction of sp³-hybridized carbons (Fsp3) is 0.222. The second-order valence-electron chi connectivity index (χ2n) is 4.84. The Balaban J connectivity index is 2.17. The Labute approximate surface area is 148 Å². The van der Waals surface area contributed by atoms with Crippen molar-refractivity contribution in [2.75, 3.05) is 6.61 Å². The minimum Gasteiger partial charge on any atom is -0.487 e. The number of nitrogens with zero attached hydrogens (tertiary/aromatic N) is 1. The number of carbonyl (C=O) groups excluding carboxylic acids is 1. The number of carbonyl (C=O) groups is 1. The maximum absolute atomic E-state index is 11.7. The maximum Gasteiger partial charge on any atom is 0.310 e. The first-order chi connectivity index (χ1) is 11.6. The van der Waals surface area contributed by atoms with Gasteiger partial charge in [0.15, 0.2) is 5.58 Å². The first-order valence-electron chi connectivity index (χ1n) is 7.39. The van der Waals surface area contributed by atoms with Gasteiger partial charge in [-0.25, -0.2) is 0 Å². The molecular weight excluding hydrogens is 374 g/mol. The summed E-state index contributed by atoms with van der Waals surface area (Å²) in [4.78, 5) is 11.7. The molecule has 0 atom stereocenters. The Morgan fingerprint density at radius 2 is 2.12 bits per heavy atom. The molecule has 0 bridgehead atoms. The second-order valence-corrected chi connectivity index (χ2v) is 5.75. The fourth-order valence-corrected chi connectivity index (χ4v) is 2.48. The molecule has 1 aromatic heterocycles. The van der Waals surface area contributed by atoms with E-state index in [1.54, 1.807) is 13.0 Å². The van der Waals surface area contributed by atoms with Gasteiger partial charge in [0.1, 0.15) is 18.1 Å². The lowest BCUT2D eigenvalue weighted by atomic mass is 10.1. The minimum atomic E-state index is -0.342. The molecule has 6 heteroatoms. The molecule has 2 aromatic rings. The Morgan fingerprint density at radius 3 is 2.79 bits per heavy atom. The van der Waals surface area contributed by atoms with Gasteiger partial charge in [-0.15, -0.1) is 0 Å². The maximum atomic E-state index is 11.7. The average Bonchev–Trinajstić information content (AvgIpc) is 2.96. The molecule has 126 valence electrons. The van der Waals surface area contributed by atoms with Gasteiger partial charge in [0, 0.05) is 15.4 Å². The van der Waals surface area contributed by atoms with Crippen LogP contribution in [0, 0.1) is 0 Å². The van der Waals surface area contributed by atoms with Gasteiger partial charge < -0.3 is 14.0 Å². The van der Waals surface area contributed by atoms with Crippen LogP contribution in [0.3, 0.4) is 0 Å². The van der Waals surface area contributed by atoms with Crippen LogP contribution in [0.15, 0.2) is 63.8 Å². The summed E-state index contributed by atoms with van der Waals surface area (Å²) in [5.41, 5.74) is 1.94. The van der Waals surface area contributed by atoms with E-state index in [1.807, 2.05) is 18.2 Å². The third-order valence-electron chi connectivity index (χ3n) is 3.26. The van der Waals surface area contributed by atoms with E-state index in [2.05, 4.69) is 34.2 Å². The summed E-state index contributed by atoms with van der Waals surface area (Å²) in [5.74, 6) is 0.121. The van der Waals surface area contributed by atoms with Gasteiger partial charge in [-0.2, -0.15) is 0 Å². The Hall–Kier alpha value is -2.34. The summed E-state index contributed by atoms with van der Waals surface area (Å²) in [6.45, 7) is 9.71. The number of hydrogen-bond acceptors (Lipinski definition) is 5. The minimum absolute atomic E-state index is 0.0732. The predicted molar refractivity (Wildman–Crippen MR) is 95.2 cm³/mol. The second kappa shape index (κ2) is 8.49. The molecular formula is C18H18BrNO4. The van der Waals surface area contributed by atoms with Crippen LogP contribution in [0.4, 0.5) is 0 Å². The Morgan fingerprint density at radius 1 is 1.33 bits per heavy atom. The van der Waals surface area contributed by atoms with Crippen LogP contribution in [0.2, 0.25) is 0 Å². The van der Waals surface area contributed by atoms with Crippen molar-refractivity contribution in [3.63, 3.8) is 0 Å². The van der Waals surface area contributed by atoms with Gasteiger partial charge in [-0.1, -0.05) is 40.3 Å². The van der Waals surface area contributed by atoms with Crippen molar-refractivity contribution in [3.05, 3.63) is 65.0 Å². The molecule has 0 unspecified atom stereocenters. The average molecular weight is 392 g/mol. The number of halogens is 1. The number of benzene rings is 1. The van der Waals surface area contributed by atoms with Crippen LogP contribution in [0.1, 0.15) is 19.0 Å². The molecule has 0 N–H and O–H groups in total. The van der Waals surface area contributed by atoms with E-state index in [1.165, 1.54) is 6.08 Å². The van der Waals surface area contributed by atoms with E-state index in [-0.39, 0.29) is 19.0 Å².